The van der Waals surface area contributed by atoms with Crippen molar-refractivity contribution in [1.29, 1.82) is 0 Å². The van der Waals surface area contributed by atoms with Gasteiger partial charge < -0.3 is 9.80 Å². The average molecular weight is 433 g/mol. The number of hydrogen-bond acceptors (Lipinski definition) is 9. The summed E-state index contributed by atoms with van der Waals surface area (Å²) >= 11 is 1.46. The van der Waals surface area contributed by atoms with E-state index in [4.69, 9.17) is 0 Å². The zero-order valence-corrected chi connectivity index (χ0v) is 17.9. The fourth-order valence-electron chi connectivity index (χ4n) is 3.39. The van der Waals surface area contributed by atoms with Crippen LogP contribution in [0.15, 0.2) is 48.2 Å². The first-order chi connectivity index (χ1) is 15.1. The summed E-state index contributed by atoms with van der Waals surface area (Å²) in [4.78, 5) is 30.3. The van der Waals surface area contributed by atoms with Crippen LogP contribution in [0.25, 0.3) is 21.5 Å². The second-order valence-corrected chi connectivity index (χ2v) is 8.42. The Morgan fingerprint density at radius 3 is 2.84 bits per heavy atom. The lowest BCUT2D eigenvalue weighted by atomic mass is 10.1. The average Bonchev–Trinajstić information content (AvgIpc) is 3.27. The maximum atomic E-state index is 12.8. The standard InChI is InChI=1S/C21H20N8OS/c1-28(2)16-10-29(11-16)18-8-13(5-6-22-18)19(30)26-21-23-9-15-4-3-14(7-17(15)25-21)20-27-24-12-31-20/h3-9,12,16H,10-11H2,1-2H3,(H,23,25,26,30). The van der Waals surface area contributed by atoms with Gasteiger partial charge in [-0.1, -0.05) is 23.5 Å². The summed E-state index contributed by atoms with van der Waals surface area (Å²) in [6, 6.07) is 9.81. The molecular weight excluding hydrogens is 412 g/mol. The van der Waals surface area contributed by atoms with Gasteiger partial charge in [-0.2, -0.15) is 0 Å². The molecule has 1 aromatic carbocycles. The van der Waals surface area contributed by atoms with Gasteiger partial charge in [-0.25, -0.2) is 15.0 Å². The lowest BCUT2D eigenvalue weighted by Crippen LogP contribution is -2.57. The van der Waals surface area contributed by atoms with E-state index in [1.807, 2.05) is 18.2 Å². The fourth-order valence-corrected chi connectivity index (χ4v) is 3.94. The van der Waals surface area contributed by atoms with Gasteiger partial charge in [-0.3, -0.25) is 10.1 Å². The summed E-state index contributed by atoms with van der Waals surface area (Å²) in [5.41, 5.74) is 3.86. The molecule has 5 rings (SSSR count). The third-order valence-electron chi connectivity index (χ3n) is 5.34. The Morgan fingerprint density at radius 2 is 2.06 bits per heavy atom. The number of fused-ring (bicyclic) bond motifs is 1. The lowest BCUT2D eigenvalue weighted by Gasteiger charge is -2.43. The largest absolute Gasteiger partial charge is 0.353 e. The molecule has 1 aliphatic heterocycles. The maximum absolute atomic E-state index is 12.8. The molecule has 0 spiro atoms. The molecule has 156 valence electrons. The molecule has 0 saturated carbocycles. The fraction of sp³-hybridized carbons (Fsp3) is 0.238. The number of benzene rings is 1. The van der Waals surface area contributed by atoms with Crippen molar-refractivity contribution in [2.24, 2.45) is 0 Å². The van der Waals surface area contributed by atoms with Crippen LogP contribution in [0, 0.1) is 0 Å². The Labute approximate surface area is 182 Å². The predicted molar refractivity (Wildman–Crippen MR) is 120 cm³/mol. The number of rotatable bonds is 5. The monoisotopic (exact) mass is 432 g/mol. The molecule has 0 unspecified atom stereocenters. The molecule has 10 heteroatoms. The van der Waals surface area contributed by atoms with Gasteiger partial charge in [0.1, 0.15) is 16.3 Å². The molecule has 4 heterocycles. The van der Waals surface area contributed by atoms with Gasteiger partial charge >= 0.3 is 0 Å². The highest BCUT2D eigenvalue weighted by Gasteiger charge is 2.29. The highest BCUT2D eigenvalue weighted by molar-refractivity contribution is 7.12. The number of anilines is 2. The van der Waals surface area contributed by atoms with Crippen molar-refractivity contribution in [3.63, 3.8) is 0 Å². The summed E-state index contributed by atoms with van der Waals surface area (Å²) < 4.78 is 0. The van der Waals surface area contributed by atoms with E-state index < -0.39 is 0 Å². The van der Waals surface area contributed by atoms with Gasteiger partial charge in [-0.15, -0.1) is 10.2 Å². The van der Waals surface area contributed by atoms with Gasteiger partial charge in [0.25, 0.3) is 5.91 Å². The van der Waals surface area contributed by atoms with E-state index in [0.29, 0.717) is 11.6 Å². The summed E-state index contributed by atoms with van der Waals surface area (Å²) in [7, 11) is 4.14. The summed E-state index contributed by atoms with van der Waals surface area (Å²) in [5.74, 6) is 0.779. The molecule has 0 radical (unpaired) electrons. The third kappa shape index (κ3) is 3.94. The van der Waals surface area contributed by atoms with Crippen LogP contribution in [0.3, 0.4) is 0 Å². The van der Waals surface area contributed by atoms with Crippen LogP contribution in [0.5, 0.6) is 0 Å². The van der Waals surface area contributed by atoms with Crippen LogP contribution < -0.4 is 10.2 Å². The van der Waals surface area contributed by atoms with Crippen LogP contribution in [-0.2, 0) is 0 Å². The Hall–Kier alpha value is -3.50. The first-order valence-corrected chi connectivity index (χ1v) is 10.7. The van der Waals surface area contributed by atoms with Crippen LogP contribution in [0.4, 0.5) is 11.8 Å². The SMILES string of the molecule is CN(C)C1CN(c2cc(C(=O)Nc3ncc4ccc(-c5nncs5)cc4n3)ccn2)C1. The minimum atomic E-state index is -0.270. The van der Waals surface area contributed by atoms with Crippen molar-refractivity contribution in [2.75, 3.05) is 37.4 Å². The van der Waals surface area contributed by atoms with Crippen molar-refractivity contribution < 1.29 is 4.79 Å². The molecule has 1 fully saturated rings. The second kappa shape index (κ2) is 7.97. The topological polar surface area (TPSA) is 100 Å². The summed E-state index contributed by atoms with van der Waals surface area (Å²) in [6.07, 6.45) is 3.35. The van der Waals surface area contributed by atoms with Gasteiger partial charge in [0.15, 0.2) is 0 Å². The van der Waals surface area contributed by atoms with Gasteiger partial charge in [0, 0.05) is 48.0 Å². The number of amides is 1. The first-order valence-electron chi connectivity index (χ1n) is 9.79. The molecule has 1 amide bonds. The second-order valence-electron chi connectivity index (χ2n) is 7.59. The number of carbonyl (C=O) groups excluding carboxylic acids is 1. The van der Waals surface area contributed by atoms with Gasteiger partial charge in [0.05, 0.1) is 5.52 Å². The van der Waals surface area contributed by atoms with Crippen LogP contribution >= 0.6 is 11.3 Å². The molecule has 9 nitrogen and oxygen atoms in total. The molecule has 31 heavy (non-hydrogen) atoms. The number of nitrogens with one attached hydrogen (secondary N) is 1. The number of hydrogen-bond donors (Lipinski definition) is 1. The number of nitrogens with zero attached hydrogens (tertiary/aromatic N) is 7. The quantitative estimate of drug-likeness (QED) is 0.514. The molecule has 1 saturated heterocycles. The molecule has 1 aliphatic rings. The van der Waals surface area contributed by atoms with E-state index in [1.54, 1.807) is 30.0 Å². The Morgan fingerprint density at radius 1 is 1.19 bits per heavy atom. The molecule has 0 aliphatic carbocycles. The number of carbonyl (C=O) groups is 1. The minimum Gasteiger partial charge on any atom is -0.353 e. The minimum absolute atomic E-state index is 0.252. The normalized spacial score (nSPS) is 14.1. The Kier molecular flexibility index (Phi) is 5.00. The van der Waals surface area contributed by atoms with E-state index in [0.717, 1.165) is 40.4 Å². The van der Waals surface area contributed by atoms with Gasteiger partial charge in [-0.05, 0) is 32.3 Å². The van der Waals surface area contributed by atoms with Crippen molar-refractivity contribution in [2.45, 2.75) is 6.04 Å². The molecule has 3 aromatic heterocycles. The van der Waals surface area contributed by atoms with Crippen LogP contribution in [0.1, 0.15) is 10.4 Å². The third-order valence-corrected chi connectivity index (χ3v) is 6.08. The molecular formula is C21H20N8OS. The number of pyridine rings is 1. The lowest BCUT2D eigenvalue weighted by molar-refractivity contribution is 0.102. The van der Waals surface area contributed by atoms with Crippen molar-refractivity contribution >= 4 is 39.9 Å². The first kappa shape index (κ1) is 19.5. The molecule has 0 bridgehead atoms. The Bertz CT molecular complexity index is 1240. The van der Waals surface area contributed by atoms with E-state index in [1.165, 1.54) is 11.3 Å². The molecule has 4 aromatic rings. The highest BCUT2D eigenvalue weighted by atomic mass is 32.1. The Balaban J connectivity index is 1.34. The van der Waals surface area contributed by atoms with Crippen molar-refractivity contribution in [3.05, 3.63) is 53.8 Å². The zero-order valence-electron chi connectivity index (χ0n) is 17.1. The van der Waals surface area contributed by atoms with E-state index in [2.05, 4.69) is 54.4 Å². The van der Waals surface area contributed by atoms with E-state index in [-0.39, 0.29) is 11.9 Å². The predicted octanol–water partition coefficient (Wildman–Crippen LogP) is 2.55. The van der Waals surface area contributed by atoms with Crippen LogP contribution in [-0.4, -0.2) is 69.2 Å². The smallest absolute Gasteiger partial charge is 0.258 e. The van der Waals surface area contributed by atoms with Crippen molar-refractivity contribution in [3.8, 4) is 10.6 Å². The number of likely N-dealkylation sites (N-methyl/N-ethyl adjacent to an activating group) is 1. The molecule has 1 N–H and O–H groups in total. The van der Waals surface area contributed by atoms with Crippen LogP contribution in [0.2, 0.25) is 0 Å². The zero-order chi connectivity index (χ0) is 21.4. The maximum Gasteiger partial charge on any atom is 0.258 e. The summed E-state index contributed by atoms with van der Waals surface area (Å²) in [6.45, 7) is 1.80. The summed E-state index contributed by atoms with van der Waals surface area (Å²) in [5, 5.41) is 12.5. The highest BCUT2D eigenvalue weighted by Crippen LogP contribution is 2.25. The molecule has 0 atom stereocenters. The van der Waals surface area contributed by atoms with E-state index >= 15 is 0 Å². The van der Waals surface area contributed by atoms with Crippen molar-refractivity contribution in [1.82, 2.24) is 30.0 Å². The number of aromatic nitrogens is 5. The van der Waals surface area contributed by atoms with Gasteiger partial charge in [0.2, 0.25) is 5.95 Å². The van der Waals surface area contributed by atoms with E-state index in [9.17, 15) is 4.79 Å².